The first-order chi connectivity index (χ1) is 12.5. The number of nitrogens with zero attached hydrogens (tertiary/aromatic N) is 3. The molecule has 0 amide bonds. The smallest absolute Gasteiger partial charge is 0.416 e. The van der Waals surface area contributed by atoms with Crippen LogP contribution in [0.15, 0.2) is 30.6 Å². The molecule has 1 heterocycles. The molecule has 0 atom stereocenters. The zero-order valence-electron chi connectivity index (χ0n) is 13.7. The predicted molar refractivity (Wildman–Crippen MR) is 86.0 cm³/mol. The maximum atomic E-state index is 14.0. The third kappa shape index (κ3) is 4.32. The highest BCUT2D eigenvalue weighted by atomic mass is 32.2. The summed E-state index contributed by atoms with van der Waals surface area (Å²) in [6, 6.07) is 2.09. The van der Waals surface area contributed by atoms with Gasteiger partial charge in [0.2, 0.25) is 10.0 Å². The molecule has 0 radical (unpaired) electrons. The van der Waals surface area contributed by atoms with Gasteiger partial charge in [-0.25, -0.2) is 27.6 Å². The number of halogens is 4. The van der Waals surface area contributed by atoms with Crippen LogP contribution in [0.1, 0.15) is 28.5 Å². The minimum Gasteiger partial charge on any atom is -0.476 e. The molecule has 12 heteroatoms. The summed E-state index contributed by atoms with van der Waals surface area (Å²) < 4.78 is 79.1. The lowest BCUT2D eigenvalue weighted by Gasteiger charge is -2.23. The Morgan fingerprint density at radius 1 is 1.22 bits per heavy atom. The standard InChI is InChI=1S/C15H13F4N3O4S/c1-2-22(13-12(14(23)24)20-6-7-21-13)27(25,26)8-9-10(15(17,18)19)4-3-5-11(9)16/h3-7H,2,8H2,1H3,(H,23,24). The summed E-state index contributed by atoms with van der Waals surface area (Å²) in [5.41, 5.74) is -3.20. The van der Waals surface area contributed by atoms with Crippen LogP contribution >= 0.6 is 0 Å². The van der Waals surface area contributed by atoms with Gasteiger partial charge in [0.25, 0.3) is 0 Å². The number of carboxylic acid groups (broad SMARTS) is 1. The number of sulfonamides is 1. The Balaban J connectivity index is 2.56. The highest BCUT2D eigenvalue weighted by molar-refractivity contribution is 7.92. The van der Waals surface area contributed by atoms with Crippen molar-refractivity contribution in [2.45, 2.75) is 18.9 Å². The second-order valence-corrected chi connectivity index (χ2v) is 7.11. The second kappa shape index (κ2) is 7.47. The molecule has 0 saturated heterocycles. The number of aromatic carboxylic acids is 1. The van der Waals surface area contributed by atoms with Gasteiger partial charge in [0.1, 0.15) is 5.82 Å². The van der Waals surface area contributed by atoms with E-state index in [1.165, 1.54) is 6.92 Å². The highest BCUT2D eigenvalue weighted by Gasteiger charge is 2.37. The molecular weight excluding hydrogens is 394 g/mol. The Labute approximate surface area is 151 Å². The number of carboxylic acids is 1. The number of hydrogen-bond acceptors (Lipinski definition) is 5. The Kier molecular flexibility index (Phi) is 5.68. The maximum Gasteiger partial charge on any atom is 0.416 e. The van der Waals surface area contributed by atoms with Crippen LogP contribution in [0, 0.1) is 5.82 Å². The molecule has 0 aliphatic rings. The SMILES string of the molecule is CCN(c1nccnc1C(=O)O)S(=O)(=O)Cc1c(F)cccc1C(F)(F)F. The highest BCUT2D eigenvalue weighted by Crippen LogP contribution is 2.34. The minimum absolute atomic E-state index is 0.350. The summed E-state index contributed by atoms with van der Waals surface area (Å²) in [6.07, 6.45) is -2.92. The number of aromatic nitrogens is 2. The number of anilines is 1. The first-order valence-corrected chi connectivity index (χ1v) is 8.99. The summed E-state index contributed by atoms with van der Waals surface area (Å²) in [6.45, 7) is 0.973. The lowest BCUT2D eigenvalue weighted by atomic mass is 10.1. The number of hydrogen-bond donors (Lipinski definition) is 1. The van der Waals surface area contributed by atoms with Crippen LogP contribution in [0.4, 0.5) is 23.4 Å². The van der Waals surface area contributed by atoms with Gasteiger partial charge in [0.15, 0.2) is 11.5 Å². The van der Waals surface area contributed by atoms with Crippen molar-refractivity contribution in [2.75, 3.05) is 10.8 Å². The Hall–Kier alpha value is -2.76. The van der Waals surface area contributed by atoms with Gasteiger partial charge in [-0.2, -0.15) is 13.2 Å². The van der Waals surface area contributed by atoms with E-state index < -0.39 is 56.4 Å². The molecule has 27 heavy (non-hydrogen) atoms. The van der Waals surface area contributed by atoms with Crippen LogP contribution in [-0.2, 0) is 22.0 Å². The third-order valence-electron chi connectivity index (χ3n) is 3.49. The van der Waals surface area contributed by atoms with Crippen molar-refractivity contribution in [2.24, 2.45) is 0 Å². The van der Waals surface area contributed by atoms with E-state index in [0.717, 1.165) is 18.5 Å². The van der Waals surface area contributed by atoms with Crippen molar-refractivity contribution in [1.29, 1.82) is 0 Å². The van der Waals surface area contributed by atoms with Crippen molar-refractivity contribution < 1.29 is 35.9 Å². The molecule has 0 saturated carbocycles. The van der Waals surface area contributed by atoms with Crippen LogP contribution < -0.4 is 4.31 Å². The van der Waals surface area contributed by atoms with E-state index in [1.54, 1.807) is 0 Å². The van der Waals surface area contributed by atoms with E-state index in [9.17, 15) is 30.8 Å². The van der Waals surface area contributed by atoms with Gasteiger partial charge in [-0.3, -0.25) is 4.31 Å². The Morgan fingerprint density at radius 3 is 2.41 bits per heavy atom. The molecule has 1 aromatic carbocycles. The molecule has 146 valence electrons. The molecule has 2 rings (SSSR count). The fourth-order valence-corrected chi connectivity index (χ4v) is 3.98. The van der Waals surface area contributed by atoms with Crippen LogP contribution in [0.5, 0.6) is 0 Å². The third-order valence-corrected chi connectivity index (χ3v) is 5.25. The zero-order chi connectivity index (χ0) is 20.4. The number of rotatable bonds is 6. The van der Waals surface area contributed by atoms with Gasteiger partial charge < -0.3 is 5.11 Å². The molecule has 0 unspecified atom stereocenters. The van der Waals surface area contributed by atoms with Gasteiger partial charge in [0.05, 0.1) is 11.3 Å². The monoisotopic (exact) mass is 407 g/mol. The van der Waals surface area contributed by atoms with Crippen LogP contribution in [0.3, 0.4) is 0 Å². The summed E-state index contributed by atoms with van der Waals surface area (Å²) >= 11 is 0. The molecule has 0 fully saturated rings. The lowest BCUT2D eigenvalue weighted by Crippen LogP contribution is -2.35. The van der Waals surface area contributed by atoms with E-state index in [-0.39, 0.29) is 6.54 Å². The average Bonchev–Trinajstić information content (AvgIpc) is 2.56. The normalized spacial score (nSPS) is 12.0. The molecule has 1 aromatic heterocycles. The molecule has 0 aliphatic carbocycles. The lowest BCUT2D eigenvalue weighted by molar-refractivity contribution is -0.138. The Bertz CT molecular complexity index is 964. The quantitative estimate of drug-likeness (QED) is 0.739. The van der Waals surface area contributed by atoms with Crippen molar-refractivity contribution in [1.82, 2.24) is 9.97 Å². The van der Waals surface area contributed by atoms with Crippen molar-refractivity contribution in [3.63, 3.8) is 0 Å². The topological polar surface area (TPSA) is 100 Å². The van der Waals surface area contributed by atoms with Crippen molar-refractivity contribution >= 4 is 21.8 Å². The van der Waals surface area contributed by atoms with E-state index in [2.05, 4.69) is 9.97 Å². The number of alkyl halides is 3. The molecule has 2 aromatic rings. The van der Waals surface area contributed by atoms with Crippen molar-refractivity contribution in [3.05, 3.63) is 53.2 Å². The number of benzene rings is 1. The molecule has 7 nitrogen and oxygen atoms in total. The fraction of sp³-hybridized carbons (Fsp3) is 0.267. The fourth-order valence-electron chi connectivity index (χ4n) is 2.37. The molecule has 1 N–H and O–H groups in total. The van der Waals surface area contributed by atoms with E-state index >= 15 is 0 Å². The second-order valence-electron chi connectivity index (χ2n) is 5.22. The van der Waals surface area contributed by atoms with E-state index in [0.29, 0.717) is 16.4 Å². The molecule has 0 aliphatic heterocycles. The largest absolute Gasteiger partial charge is 0.476 e. The summed E-state index contributed by atoms with van der Waals surface area (Å²) in [7, 11) is -4.61. The van der Waals surface area contributed by atoms with Crippen LogP contribution in [-0.4, -0.2) is 36.0 Å². The Morgan fingerprint density at radius 2 is 1.85 bits per heavy atom. The average molecular weight is 407 g/mol. The van der Waals surface area contributed by atoms with Gasteiger partial charge in [0, 0.05) is 24.5 Å². The first kappa shape index (κ1) is 20.6. The van der Waals surface area contributed by atoms with E-state index in [1.807, 2.05) is 0 Å². The van der Waals surface area contributed by atoms with Gasteiger partial charge in [-0.15, -0.1) is 0 Å². The summed E-state index contributed by atoms with van der Waals surface area (Å²) in [4.78, 5) is 18.4. The molecule has 0 bridgehead atoms. The predicted octanol–water partition coefficient (Wildman–Crippen LogP) is 2.69. The number of carbonyl (C=O) groups is 1. The van der Waals surface area contributed by atoms with E-state index in [4.69, 9.17) is 5.11 Å². The summed E-state index contributed by atoms with van der Waals surface area (Å²) in [5, 5.41) is 9.13. The summed E-state index contributed by atoms with van der Waals surface area (Å²) in [5.74, 6) is -4.83. The minimum atomic E-state index is -4.97. The van der Waals surface area contributed by atoms with Gasteiger partial charge in [-0.05, 0) is 19.1 Å². The molecular formula is C15H13F4N3O4S. The maximum absolute atomic E-state index is 14.0. The zero-order valence-corrected chi connectivity index (χ0v) is 14.6. The van der Waals surface area contributed by atoms with Crippen LogP contribution in [0.25, 0.3) is 0 Å². The van der Waals surface area contributed by atoms with Gasteiger partial charge in [-0.1, -0.05) is 6.07 Å². The van der Waals surface area contributed by atoms with Crippen molar-refractivity contribution in [3.8, 4) is 0 Å². The first-order valence-electron chi connectivity index (χ1n) is 7.38. The van der Waals surface area contributed by atoms with Gasteiger partial charge >= 0.3 is 12.1 Å². The van der Waals surface area contributed by atoms with Crippen LogP contribution in [0.2, 0.25) is 0 Å². The molecule has 0 spiro atoms.